The van der Waals surface area contributed by atoms with E-state index in [1.165, 1.54) is 29.2 Å². The molecule has 2 rings (SSSR count). The van der Waals surface area contributed by atoms with Crippen LogP contribution in [0, 0.1) is 0 Å². The lowest BCUT2D eigenvalue weighted by Crippen LogP contribution is -2.58. The minimum atomic E-state index is -0.723. The maximum Gasteiger partial charge on any atom is 0.316 e. The lowest BCUT2D eigenvalue weighted by atomic mass is 10.1. The molecule has 0 radical (unpaired) electrons. The number of nitrogens with zero attached hydrogens (tertiary/aromatic N) is 1. The molecule has 1 fully saturated rings. The van der Waals surface area contributed by atoms with Gasteiger partial charge in [-0.15, -0.1) is 0 Å². The SMILES string of the molecule is CC1C(=O)NC(=O)CN1C(=O)c1ccc(NC(N)=O)cc1. The number of nitrogens with two attached hydrogens (primary N) is 1. The number of hydrogen-bond donors (Lipinski definition) is 3. The van der Waals surface area contributed by atoms with Gasteiger partial charge in [0.25, 0.3) is 5.91 Å². The van der Waals surface area contributed by atoms with E-state index in [0.717, 1.165) is 0 Å². The van der Waals surface area contributed by atoms with Gasteiger partial charge in [0.15, 0.2) is 0 Å². The van der Waals surface area contributed by atoms with E-state index in [1.54, 1.807) is 6.92 Å². The van der Waals surface area contributed by atoms with Crippen LogP contribution in [0.3, 0.4) is 0 Å². The molecule has 5 amide bonds. The van der Waals surface area contributed by atoms with Gasteiger partial charge in [0.05, 0.1) is 0 Å². The molecule has 1 aromatic rings. The first-order chi connectivity index (χ1) is 9.88. The molecule has 8 heteroatoms. The normalized spacial score (nSPS) is 18.1. The third-order valence-corrected chi connectivity index (χ3v) is 3.08. The largest absolute Gasteiger partial charge is 0.351 e. The number of primary amides is 1. The average Bonchev–Trinajstić information content (AvgIpc) is 2.42. The fourth-order valence-corrected chi connectivity index (χ4v) is 1.97. The van der Waals surface area contributed by atoms with Crippen molar-refractivity contribution in [1.82, 2.24) is 10.2 Å². The fraction of sp³-hybridized carbons (Fsp3) is 0.231. The number of piperazine rings is 1. The van der Waals surface area contributed by atoms with Gasteiger partial charge >= 0.3 is 6.03 Å². The van der Waals surface area contributed by atoms with Crippen LogP contribution in [0.5, 0.6) is 0 Å². The van der Waals surface area contributed by atoms with Gasteiger partial charge < -0.3 is 16.0 Å². The number of imide groups is 1. The molecule has 0 bridgehead atoms. The van der Waals surface area contributed by atoms with E-state index in [0.29, 0.717) is 11.3 Å². The molecule has 1 saturated heterocycles. The number of amides is 5. The van der Waals surface area contributed by atoms with E-state index >= 15 is 0 Å². The minimum absolute atomic E-state index is 0.174. The maximum atomic E-state index is 12.3. The molecule has 1 aliphatic heterocycles. The van der Waals surface area contributed by atoms with E-state index < -0.39 is 29.8 Å². The number of urea groups is 1. The summed E-state index contributed by atoms with van der Waals surface area (Å²) in [6.45, 7) is 1.37. The summed E-state index contributed by atoms with van der Waals surface area (Å²) in [5.74, 6) is -1.46. The number of benzene rings is 1. The second-order valence-corrected chi connectivity index (χ2v) is 4.59. The molecule has 1 aliphatic rings. The second kappa shape index (κ2) is 5.61. The Balaban J connectivity index is 2.17. The first-order valence-electron chi connectivity index (χ1n) is 6.19. The smallest absolute Gasteiger partial charge is 0.316 e. The first-order valence-corrected chi connectivity index (χ1v) is 6.19. The van der Waals surface area contributed by atoms with Crippen molar-refractivity contribution in [3.8, 4) is 0 Å². The van der Waals surface area contributed by atoms with Crippen LogP contribution in [0.2, 0.25) is 0 Å². The van der Waals surface area contributed by atoms with Crippen molar-refractivity contribution in [2.45, 2.75) is 13.0 Å². The van der Waals surface area contributed by atoms with E-state index in [2.05, 4.69) is 10.6 Å². The molecule has 1 aromatic carbocycles. The van der Waals surface area contributed by atoms with Gasteiger partial charge in [-0.1, -0.05) is 0 Å². The van der Waals surface area contributed by atoms with Crippen molar-refractivity contribution in [2.24, 2.45) is 5.73 Å². The molecule has 0 spiro atoms. The molecule has 0 aliphatic carbocycles. The van der Waals surface area contributed by atoms with Crippen LogP contribution in [0.4, 0.5) is 10.5 Å². The molecule has 4 N–H and O–H groups in total. The van der Waals surface area contributed by atoms with Crippen molar-refractivity contribution >= 4 is 29.4 Å². The lowest BCUT2D eigenvalue weighted by Gasteiger charge is -2.31. The zero-order valence-corrected chi connectivity index (χ0v) is 11.3. The minimum Gasteiger partial charge on any atom is -0.351 e. The Labute approximate surface area is 120 Å². The van der Waals surface area contributed by atoms with E-state index in [-0.39, 0.29) is 6.54 Å². The number of rotatable bonds is 2. The summed E-state index contributed by atoms with van der Waals surface area (Å²) in [4.78, 5) is 47.1. The highest BCUT2D eigenvalue weighted by Crippen LogP contribution is 2.14. The van der Waals surface area contributed by atoms with Gasteiger partial charge in [-0.25, -0.2) is 4.79 Å². The van der Waals surface area contributed by atoms with Crippen LogP contribution in [0.1, 0.15) is 17.3 Å². The van der Waals surface area contributed by atoms with Crippen molar-refractivity contribution in [3.05, 3.63) is 29.8 Å². The Morgan fingerprint density at radius 1 is 1.29 bits per heavy atom. The van der Waals surface area contributed by atoms with Crippen LogP contribution in [0.15, 0.2) is 24.3 Å². The van der Waals surface area contributed by atoms with Crippen molar-refractivity contribution in [2.75, 3.05) is 11.9 Å². The van der Waals surface area contributed by atoms with E-state index in [9.17, 15) is 19.2 Å². The van der Waals surface area contributed by atoms with Gasteiger partial charge in [-0.3, -0.25) is 19.7 Å². The zero-order valence-electron chi connectivity index (χ0n) is 11.3. The summed E-state index contributed by atoms with van der Waals surface area (Å²) in [7, 11) is 0. The zero-order chi connectivity index (χ0) is 15.6. The Bertz CT molecular complexity index is 611. The Kier molecular flexibility index (Phi) is 3.88. The van der Waals surface area contributed by atoms with E-state index in [4.69, 9.17) is 5.73 Å². The molecule has 1 heterocycles. The number of carbonyl (C=O) groups is 4. The summed E-state index contributed by atoms with van der Waals surface area (Å²) in [6.07, 6.45) is 0. The standard InChI is InChI=1S/C13H14N4O4/c1-7-11(19)16-10(18)6-17(7)12(20)8-2-4-9(5-3-8)15-13(14)21/h2-5,7H,6H2,1H3,(H3,14,15,21)(H,16,18,19). The highest BCUT2D eigenvalue weighted by Gasteiger charge is 2.33. The third kappa shape index (κ3) is 3.16. The monoisotopic (exact) mass is 290 g/mol. The van der Waals surface area contributed by atoms with Crippen LogP contribution >= 0.6 is 0 Å². The Morgan fingerprint density at radius 2 is 1.90 bits per heavy atom. The summed E-state index contributed by atoms with van der Waals surface area (Å²) in [6, 6.07) is 4.55. The van der Waals surface area contributed by atoms with Crippen molar-refractivity contribution in [1.29, 1.82) is 0 Å². The Hall–Kier alpha value is -2.90. The average molecular weight is 290 g/mol. The van der Waals surface area contributed by atoms with Crippen LogP contribution in [-0.4, -0.2) is 41.2 Å². The summed E-state index contributed by atoms with van der Waals surface area (Å²) >= 11 is 0. The van der Waals surface area contributed by atoms with Crippen molar-refractivity contribution < 1.29 is 19.2 Å². The van der Waals surface area contributed by atoms with Gasteiger partial charge in [-0.2, -0.15) is 0 Å². The third-order valence-electron chi connectivity index (χ3n) is 3.08. The predicted molar refractivity (Wildman–Crippen MR) is 73.3 cm³/mol. The number of anilines is 1. The van der Waals surface area contributed by atoms with Crippen LogP contribution in [0.25, 0.3) is 0 Å². The van der Waals surface area contributed by atoms with Gasteiger partial charge in [0.1, 0.15) is 12.6 Å². The van der Waals surface area contributed by atoms with Crippen molar-refractivity contribution in [3.63, 3.8) is 0 Å². The number of carbonyl (C=O) groups excluding carboxylic acids is 4. The molecular weight excluding hydrogens is 276 g/mol. The van der Waals surface area contributed by atoms with Crippen LogP contribution in [-0.2, 0) is 9.59 Å². The van der Waals surface area contributed by atoms with Crippen LogP contribution < -0.4 is 16.4 Å². The fourth-order valence-electron chi connectivity index (χ4n) is 1.97. The topological polar surface area (TPSA) is 122 Å². The Morgan fingerprint density at radius 3 is 2.48 bits per heavy atom. The van der Waals surface area contributed by atoms with Gasteiger partial charge in [-0.05, 0) is 31.2 Å². The molecule has 0 aromatic heterocycles. The van der Waals surface area contributed by atoms with Gasteiger partial charge in [0, 0.05) is 11.3 Å². The maximum absolute atomic E-state index is 12.3. The molecule has 110 valence electrons. The lowest BCUT2D eigenvalue weighted by molar-refractivity contribution is -0.138. The molecule has 1 atom stereocenters. The first kappa shape index (κ1) is 14.5. The predicted octanol–water partition coefficient (Wildman–Crippen LogP) is -0.336. The highest BCUT2D eigenvalue weighted by atomic mass is 16.2. The number of hydrogen-bond acceptors (Lipinski definition) is 4. The summed E-state index contributed by atoms with van der Waals surface area (Å²) in [5.41, 5.74) is 5.73. The second-order valence-electron chi connectivity index (χ2n) is 4.59. The molecule has 0 saturated carbocycles. The molecule has 8 nitrogen and oxygen atoms in total. The quantitative estimate of drug-likeness (QED) is 0.645. The van der Waals surface area contributed by atoms with E-state index in [1.807, 2.05) is 0 Å². The molecular formula is C13H14N4O4. The van der Waals surface area contributed by atoms with Gasteiger partial charge in [0.2, 0.25) is 11.8 Å². The summed E-state index contributed by atoms with van der Waals surface area (Å²) in [5, 5.41) is 4.53. The molecule has 21 heavy (non-hydrogen) atoms. The highest BCUT2D eigenvalue weighted by molar-refractivity contribution is 6.07. The summed E-state index contributed by atoms with van der Waals surface area (Å²) < 4.78 is 0. The molecule has 1 unspecified atom stereocenters. The number of nitrogens with one attached hydrogen (secondary N) is 2.